The molecule has 0 saturated carbocycles. The van der Waals surface area contributed by atoms with Crippen molar-refractivity contribution in [1.82, 2.24) is 0 Å². The summed E-state index contributed by atoms with van der Waals surface area (Å²) in [6.45, 7) is 3.73. The van der Waals surface area contributed by atoms with Crippen LogP contribution in [0.2, 0.25) is 5.02 Å². The average Bonchev–Trinajstić information content (AvgIpc) is 2.19. The summed E-state index contributed by atoms with van der Waals surface area (Å²) in [5.74, 6) is 0. The second-order valence-corrected chi connectivity index (χ2v) is 4.63. The van der Waals surface area contributed by atoms with Gasteiger partial charge in [-0.05, 0) is 53.0 Å². The Bertz CT molecular complexity index is 602. The Balaban J connectivity index is 3.00. The van der Waals surface area contributed by atoms with Crippen LogP contribution in [0.4, 0.5) is 0 Å². The van der Waals surface area contributed by atoms with Crippen LogP contribution in [-0.4, -0.2) is 0 Å². The molecule has 1 aromatic heterocycles. The fourth-order valence-electron chi connectivity index (χ4n) is 1.45. The number of rotatable bonds is 0. The van der Waals surface area contributed by atoms with E-state index in [1.54, 1.807) is 6.07 Å². The minimum atomic E-state index is -0.360. The molecule has 0 unspecified atom stereocenters. The third-order valence-electron chi connectivity index (χ3n) is 2.38. The van der Waals surface area contributed by atoms with Crippen LogP contribution in [-0.2, 0) is 0 Å². The molecule has 0 atom stereocenters. The zero-order valence-corrected chi connectivity index (χ0v) is 10.6. The molecule has 0 amide bonds. The fraction of sp³-hybridized carbons (Fsp3) is 0.182. The third kappa shape index (κ3) is 1.70. The summed E-state index contributed by atoms with van der Waals surface area (Å²) in [6.07, 6.45) is 0. The number of benzene rings is 1. The van der Waals surface area contributed by atoms with Gasteiger partial charge in [0.15, 0.2) is 0 Å². The Morgan fingerprint density at radius 3 is 2.67 bits per heavy atom. The van der Waals surface area contributed by atoms with Gasteiger partial charge in [0.1, 0.15) is 10.1 Å². The average molecular weight is 288 g/mol. The van der Waals surface area contributed by atoms with E-state index < -0.39 is 0 Å². The molecule has 0 fully saturated rings. The lowest BCUT2D eigenvalue weighted by atomic mass is 10.1. The SMILES string of the molecule is Cc1cc2oc(=O)c(Br)c(C)c2cc1Cl. The molecule has 0 N–H and O–H groups in total. The van der Waals surface area contributed by atoms with Crippen LogP contribution < -0.4 is 5.63 Å². The second-order valence-electron chi connectivity index (χ2n) is 3.43. The molecular formula is C11H8BrClO2. The zero-order chi connectivity index (χ0) is 11.2. The molecule has 0 saturated heterocycles. The predicted octanol–water partition coefficient (Wildman–Crippen LogP) is 3.83. The Hall–Kier alpha value is -0.800. The number of aryl methyl sites for hydroxylation is 2. The van der Waals surface area contributed by atoms with Gasteiger partial charge in [0.2, 0.25) is 0 Å². The van der Waals surface area contributed by atoms with E-state index in [2.05, 4.69) is 15.9 Å². The van der Waals surface area contributed by atoms with E-state index in [1.807, 2.05) is 19.9 Å². The molecule has 2 rings (SSSR count). The predicted molar refractivity (Wildman–Crippen MR) is 64.7 cm³/mol. The van der Waals surface area contributed by atoms with Gasteiger partial charge < -0.3 is 4.42 Å². The van der Waals surface area contributed by atoms with Gasteiger partial charge in [-0.3, -0.25) is 0 Å². The molecule has 4 heteroatoms. The maximum Gasteiger partial charge on any atom is 0.350 e. The standard InChI is InChI=1S/C11H8BrClO2/c1-5-3-9-7(4-8(5)13)6(2)10(12)11(14)15-9/h3-4H,1-2H3. The van der Waals surface area contributed by atoms with Crippen LogP contribution in [0.1, 0.15) is 11.1 Å². The highest BCUT2D eigenvalue weighted by Crippen LogP contribution is 2.27. The lowest BCUT2D eigenvalue weighted by molar-refractivity contribution is 0.555. The lowest BCUT2D eigenvalue weighted by Crippen LogP contribution is -2.02. The molecule has 0 aliphatic heterocycles. The van der Waals surface area contributed by atoms with Crippen molar-refractivity contribution in [2.24, 2.45) is 0 Å². The second kappa shape index (κ2) is 3.65. The first-order valence-electron chi connectivity index (χ1n) is 4.40. The first-order chi connectivity index (χ1) is 7.00. The maximum atomic E-state index is 11.4. The summed E-state index contributed by atoms with van der Waals surface area (Å²) in [7, 11) is 0. The van der Waals surface area contributed by atoms with E-state index in [-0.39, 0.29) is 5.63 Å². The Morgan fingerprint density at radius 2 is 2.00 bits per heavy atom. The molecule has 0 radical (unpaired) electrons. The van der Waals surface area contributed by atoms with Gasteiger partial charge >= 0.3 is 5.63 Å². The molecule has 78 valence electrons. The van der Waals surface area contributed by atoms with Crippen molar-refractivity contribution in [2.45, 2.75) is 13.8 Å². The summed E-state index contributed by atoms with van der Waals surface area (Å²) in [5, 5.41) is 1.53. The van der Waals surface area contributed by atoms with E-state index in [0.717, 1.165) is 16.5 Å². The van der Waals surface area contributed by atoms with Gasteiger partial charge in [0.05, 0.1) is 0 Å². The van der Waals surface area contributed by atoms with Gasteiger partial charge in [-0.25, -0.2) is 4.79 Å². The molecule has 1 aromatic carbocycles. The molecule has 0 spiro atoms. The number of fused-ring (bicyclic) bond motifs is 1. The van der Waals surface area contributed by atoms with Gasteiger partial charge in [0, 0.05) is 10.4 Å². The normalized spacial score (nSPS) is 10.9. The maximum absolute atomic E-state index is 11.4. The largest absolute Gasteiger partial charge is 0.422 e. The van der Waals surface area contributed by atoms with Gasteiger partial charge in [-0.1, -0.05) is 11.6 Å². The van der Waals surface area contributed by atoms with Crippen molar-refractivity contribution in [2.75, 3.05) is 0 Å². The Labute approximate surface area is 100.0 Å². The van der Waals surface area contributed by atoms with E-state index in [1.165, 1.54) is 0 Å². The summed E-state index contributed by atoms with van der Waals surface area (Å²) in [5.41, 5.74) is 1.96. The van der Waals surface area contributed by atoms with Crippen molar-refractivity contribution in [3.63, 3.8) is 0 Å². The molecule has 0 aliphatic rings. The molecule has 0 bridgehead atoms. The first kappa shape index (κ1) is 10.7. The summed E-state index contributed by atoms with van der Waals surface area (Å²) >= 11 is 9.21. The van der Waals surface area contributed by atoms with Crippen molar-refractivity contribution in [3.8, 4) is 0 Å². The van der Waals surface area contributed by atoms with Crippen molar-refractivity contribution in [1.29, 1.82) is 0 Å². The van der Waals surface area contributed by atoms with E-state index in [9.17, 15) is 4.79 Å². The van der Waals surface area contributed by atoms with Gasteiger partial charge in [-0.2, -0.15) is 0 Å². The van der Waals surface area contributed by atoms with Crippen LogP contribution >= 0.6 is 27.5 Å². The minimum absolute atomic E-state index is 0.360. The van der Waals surface area contributed by atoms with E-state index in [0.29, 0.717) is 15.1 Å². The summed E-state index contributed by atoms with van der Waals surface area (Å²) in [6, 6.07) is 3.59. The van der Waals surface area contributed by atoms with Crippen molar-refractivity contribution >= 4 is 38.5 Å². The molecular weight excluding hydrogens is 279 g/mol. The fourth-order valence-corrected chi connectivity index (χ4v) is 1.91. The Morgan fingerprint density at radius 1 is 1.33 bits per heavy atom. The molecule has 2 nitrogen and oxygen atoms in total. The number of hydrogen-bond donors (Lipinski definition) is 0. The monoisotopic (exact) mass is 286 g/mol. The topological polar surface area (TPSA) is 30.2 Å². The van der Waals surface area contributed by atoms with E-state index >= 15 is 0 Å². The number of hydrogen-bond acceptors (Lipinski definition) is 2. The molecule has 15 heavy (non-hydrogen) atoms. The quantitative estimate of drug-likeness (QED) is 0.689. The number of halogens is 2. The molecule has 2 aromatic rings. The van der Waals surface area contributed by atoms with Gasteiger partial charge in [-0.15, -0.1) is 0 Å². The third-order valence-corrected chi connectivity index (χ3v) is 3.70. The van der Waals surface area contributed by atoms with Crippen LogP contribution in [0.5, 0.6) is 0 Å². The minimum Gasteiger partial charge on any atom is -0.422 e. The summed E-state index contributed by atoms with van der Waals surface area (Å²) in [4.78, 5) is 11.4. The molecule has 0 aliphatic carbocycles. The first-order valence-corrected chi connectivity index (χ1v) is 5.57. The molecule has 1 heterocycles. The highest BCUT2D eigenvalue weighted by Gasteiger charge is 2.10. The highest BCUT2D eigenvalue weighted by molar-refractivity contribution is 9.10. The van der Waals surface area contributed by atoms with Crippen LogP contribution in [0.15, 0.2) is 25.8 Å². The summed E-state index contributed by atoms with van der Waals surface area (Å²) < 4.78 is 5.60. The van der Waals surface area contributed by atoms with E-state index in [4.69, 9.17) is 16.0 Å². The zero-order valence-electron chi connectivity index (χ0n) is 8.23. The highest BCUT2D eigenvalue weighted by atomic mass is 79.9. The Kier molecular flexibility index (Phi) is 2.61. The van der Waals surface area contributed by atoms with Crippen LogP contribution in [0.3, 0.4) is 0 Å². The van der Waals surface area contributed by atoms with Gasteiger partial charge in [0.25, 0.3) is 0 Å². The lowest BCUT2D eigenvalue weighted by Gasteiger charge is -2.05. The van der Waals surface area contributed by atoms with Crippen LogP contribution in [0, 0.1) is 13.8 Å². The van der Waals surface area contributed by atoms with Crippen molar-refractivity contribution in [3.05, 3.63) is 43.2 Å². The van der Waals surface area contributed by atoms with Crippen molar-refractivity contribution < 1.29 is 4.42 Å². The smallest absolute Gasteiger partial charge is 0.350 e. The van der Waals surface area contributed by atoms with Crippen LogP contribution in [0.25, 0.3) is 11.0 Å².